The third-order valence-electron chi connectivity index (χ3n) is 1.69. The Morgan fingerprint density at radius 3 is 1.64 bits per heavy atom. The van der Waals surface area contributed by atoms with E-state index in [0.29, 0.717) is 0 Å². The van der Waals surface area contributed by atoms with Gasteiger partial charge in [-0.15, -0.1) is 12.4 Å². The van der Waals surface area contributed by atoms with E-state index in [0.717, 1.165) is 11.9 Å². The molecule has 0 fully saturated rings. The Balaban J connectivity index is 0.00000169. The minimum Gasteiger partial charge on any atom is -0.349 e. The van der Waals surface area contributed by atoms with E-state index >= 15 is 0 Å². The van der Waals surface area contributed by atoms with Crippen LogP contribution in [0.25, 0.3) is 0 Å². The molecule has 0 aliphatic carbocycles. The van der Waals surface area contributed by atoms with Gasteiger partial charge in [0.15, 0.2) is 0 Å². The monoisotopic (exact) mass is 219 g/mol. The maximum atomic E-state index is 4.33. The number of halogens is 1. The zero-order valence-electron chi connectivity index (χ0n) is 9.27. The molecule has 1 N–H and O–H groups in total. The maximum absolute atomic E-state index is 4.33. The SMILES string of the molecule is CC1N=C(N(C)C)NC(N(C)C)=N1.Cl. The molecule has 0 spiro atoms. The van der Waals surface area contributed by atoms with Crippen LogP contribution in [0, 0.1) is 0 Å². The fraction of sp³-hybridized carbons (Fsp3) is 0.750. The number of hydrogen-bond acceptors (Lipinski definition) is 5. The molecule has 0 amide bonds. The van der Waals surface area contributed by atoms with Gasteiger partial charge < -0.3 is 9.80 Å². The van der Waals surface area contributed by atoms with Crippen molar-refractivity contribution in [2.45, 2.75) is 13.1 Å². The van der Waals surface area contributed by atoms with Crippen LogP contribution < -0.4 is 5.32 Å². The van der Waals surface area contributed by atoms with Gasteiger partial charge in [-0.2, -0.15) is 0 Å². The second-order valence-corrected chi connectivity index (χ2v) is 3.45. The molecule has 6 heteroatoms. The molecular weight excluding hydrogens is 202 g/mol. The Hall–Kier alpha value is -0.970. The number of rotatable bonds is 0. The summed E-state index contributed by atoms with van der Waals surface area (Å²) in [6.45, 7) is 1.97. The van der Waals surface area contributed by atoms with Crippen molar-refractivity contribution in [1.82, 2.24) is 15.1 Å². The fourth-order valence-electron chi connectivity index (χ4n) is 1.00. The third kappa shape index (κ3) is 3.06. The molecule has 82 valence electrons. The predicted molar refractivity (Wildman–Crippen MR) is 62.1 cm³/mol. The highest BCUT2D eigenvalue weighted by Gasteiger charge is 2.15. The first kappa shape index (κ1) is 13.0. The van der Waals surface area contributed by atoms with Gasteiger partial charge in [0.05, 0.1) is 0 Å². The van der Waals surface area contributed by atoms with E-state index in [1.54, 1.807) is 0 Å². The van der Waals surface area contributed by atoms with Crippen LogP contribution in [0.4, 0.5) is 0 Å². The zero-order chi connectivity index (χ0) is 10.0. The van der Waals surface area contributed by atoms with Crippen molar-refractivity contribution >= 4 is 24.3 Å². The number of nitrogens with zero attached hydrogens (tertiary/aromatic N) is 4. The van der Waals surface area contributed by atoms with Crippen molar-refractivity contribution in [3.8, 4) is 0 Å². The molecule has 1 aliphatic heterocycles. The summed E-state index contributed by atoms with van der Waals surface area (Å²) in [5, 5.41) is 3.13. The topological polar surface area (TPSA) is 43.2 Å². The number of guanidine groups is 2. The largest absolute Gasteiger partial charge is 0.349 e. The molecule has 0 aromatic carbocycles. The van der Waals surface area contributed by atoms with E-state index < -0.39 is 0 Å². The van der Waals surface area contributed by atoms with E-state index in [2.05, 4.69) is 15.3 Å². The normalized spacial score (nSPS) is 16.1. The van der Waals surface area contributed by atoms with Crippen molar-refractivity contribution < 1.29 is 0 Å². The lowest BCUT2D eigenvalue weighted by Crippen LogP contribution is -2.49. The van der Waals surface area contributed by atoms with E-state index in [1.807, 2.05) is 44.9 Å². The summed E-state index contributed by atoms with van der Waals surface area (Å²) in [6, 6.07) is 0. The van der Waals surface area contributed by atoms with Crippen molar-refractivity contribution in [3.63, 3.8) is 0 Å². The standard InChI is InChI=1S/C8H17N5.ClH/c1-6-9-7(12(2)3)11-8(10-6)13(4)5;/h6H,1-5H3,(H,9,10,11);1H. The average molecular weight is 220 g/mol. The first-order valence-corrected chi connectivity index (χ1v) is 4.28. The molecule has 1 aliphatic rings. The second kappa shape index (κ2) is 5.05. The van der Waals surface area contributed by atoms with E-state index in [-0.39, 0.29) is 18.6 Å². The summed E-state index contributed by atoms with van der Waals surface area (Å²) in [5.74, 6) is 1.71. The molecule has 0 aromatic rings. The van der Waals surface area contributed by atoms with Crippen LogP contribution in [-0.2, 0) is 0 Å². The third-order valence-corrected chi connectivity index (χ3v) is 1.69. The molecule has 5 nitrogen and oxygen atoms in total. The molecule has 1 rings (SSSR count). The molecule has 0 bridgehead atoms. The Kier molecular flexibility index (Phi) is 4.70. The van der Waals surface area contributed by atoms with Crippen LogP contribution >= 0.6 is 12.4 Å². The van der Waals surface area contributed by atoms with Gasteiger partial charge in [-0.3, -0.25) is 5.32 Å². The maximum Gasteiger partial charge on any atom is 0.202 e. The highest BCUT2D eigenvalue weighted by Crippen LogP contribution is 2.00. The van der Waals surface area contributed by atoms with Gasteiger partial charge in [-0.1, -0.05) is 0 Å². The molecule has 0 radical (unpaired) electrons. The lowest BCUT2D eigenvalue weighted by molar-refractivity contribution is 0.541. The van der Waals surface area contributed by atoms with Crippen LogP contribution in [0.2, 0.25) is 0 Å². The van der Waals surface area contributed by atoms with Crippen LogP contribution in [0.3, 0.4) is 0 Å². The van der Waals surface area contributed by atoms with Gasteiger partial charge in [-0.25, -0.2) is 9.98 Å². The van der Waals surface area contributed by atoms with E-state index in [4.69, 9.17) is 0 Å². The highest BCUT2D eigenvalue weighted by molar-refractivity contribution is 5.99. The molecule has 1 heterocycles. The van der Waals surface area contributed by atoms with Crippen LogP contribution in [0.15, 0.2) is 9.98 Å². The van der Waals surface area contributed by atoms with Crippen molar-refractivity contribution in [2.24, 2.45) is 9.98 Å². The zero-order valence-corrected chi connectivity index (χ0v) is 10.1. The van der Waals surface area contributed by atoms with Gasteiger partial charge in [0.25, 0.3) is 0 Å². The van der Waals surface area contributed by atoms with Gasteiger partial charge in [0.2, 0.25) is 11.9 Å². The summed E-state index contributed by atoms with van der Waals surface area (Å²) in [4.78, 5) is 12.5. The fourth-order valence-corrected chi connectivity index (χ4v) is 1.00. The van der Waals surface area contributed by atoms with Crippen LogP contribution in [-0.4, -0.2) is 56.1 Å². The first-order chi connectivity index (χ1) is 6.00. The number of nitrogens with one attached hydrogen (secondary N) is 1. The lowest BCUT2D eigenvalue weighted by Gasteiger charge is -2.26. The summed E-state index contributed by atoms with van der Waals surface area (Å²) < 4.78 is 0. The first-order valence-electron chi connectivity index (χ1n) is 4.28. The summed E-state index contributed by atoms with van der Waals surface area (Å²) in [5.41, 5.74) is 0. The molecular formula is C8H18ClN5. The number of aliphatic imine (C=N–C) groups is 2. The van der Waals surface area contributed by atoms with Gasteiger partial charge in [0.1, 0.15) is 6.17 Å². The Morgan fingerprint density at radius 2 is 1.36 bits per heavy atom. The van der Waals surface area contributed by atoms with Crippen molar-refractivity contribution in [2.75, 3.05) is 28.2 Å². The molecule has 0 saturated heterocycles. The number of hydrogen-bond donors (Lipinski definition) is 1. The summed E-state index contributed by atoms with van der Waals surface area (Å²) in [7, 11) is 7.82. The molecule has 0 atom stereocenters. The summed E-state index contributed by atoms with van der Waals surface area (Å²) in [6.07, 6.45) is -0.00366. The van der Waals surface area contributed by atoms with Crippen molar-refractivity contribution in [1.29, 1.82) is 0 Å². The van der Waals surface area contributed by atoms with Crippen LogP contribution in [0.1, 0.15) is 6.92 Å². The quantitative estimate of drug-likeness (QED) is 0.633. The van der Waals surface area contributed by atoms with Gasteiger partial charge >= 0.3 is 0 Å². The average Bonchev–Trinajstić information content (AvgIpc) is 2.03. The smallest absolute Gasteiger partial charge is 0.202 e. The Labute approximate surface area is 91.3 Å². The van der Waals surface area contributed by atoms with Gasteiger partial charge in [-0.05, 0) is 6.92 Å². The molecule has 0 unspecified atom stereocenters. The predicted octanol–water partition coefficient (Wildman–Crippen LogP) is 0.193. The van der Waals surface area contributed by atoms with E-state index in [1.165, 1.54) is 0 Å². The summed E-state index contributed by atoms with van der Waals surface area (Å²) >= 11 is 0. The van der Waals surface area contributed by atoms with Crippen LogP contribution in [0.5, 0.6) is 0 Å². The van der Waals surface area contributed by atoms with Gasteiger partial charge in [0, 0.05) is 28.2 Å². The second-order valence-electron chi connectivity index (χ2n) is 3.45. The molecule has 0 saturated carbocycles. The van der Waals surface area contributed by atoms with E-state index in [9.17, 15) is 0 Å². The Bertz CT molecular complexity index is 222. The molecule has 0 aromatic heterocycles. The minimum atomic E-state index is -0.00366. The molecule has 14 heavy (non-hydrogen) atoms. The lowest BCUT2D eigenvalue weighted by atomic mass is 10.5. The minimum absolute atomic E-state index is 0. The van der Waals surface area contributed by atoms with Crippen molar-refractivity contribution in [3.05, 3.63) is 0 Å². The highest BCUT2D eigenvalue weighted by atomic mass is 35.5. The Morgan fingerprint density at radius 1 is 1.00 bits per heavy atom.